The molecule has 3 rings (SSSR count). The Kier molecular flexibility index (Phi) is 3.78. The summed E-state index contributed by atoms with van der Waals surface area (Å²) >= 11 is 0. The number of rotatable bonds is 3. The van der Waals surface area contributed by atoms with Gasteiger partial charge in [0, 0.05) is 24.5 Å². The molecule has 0 bridgehead atoms. The minimum absolute atomic E-state index is 0.329. The molecule has 7 nitrogen and oxygen atoms in total. The molecule has 0 fully saturated rings. The smallest absolute Gasteiger partial charge is 0.251 e. The number of hydrogen-bond acceptors (Lipinski definition) is 7. The topological polar surface area (TPSA) is 95.8 Å². The van der Waals surface area contributed by atoms with Crippen LogP contribution >= 0.6 is 0 Å². The van der Waals surface area contributed by atoms with E-state index >= 15 is 0 Å². The second-order valence-corrected chi connectivity index (χ2v) is 4.75. The van der Waals surface area contributed by atoms with Crippen LogP contribution in [0.15, 0.2) is 33.3 Å². The Bertz CT molecular complexity index is 745. The molecular weight excluding hydrogens is 284 g/mol. The molecule has 2 N–H and O–H groups in total. The van der Waals surface area contributed by atoms with E-state index in [0.29, 0.717) is 47.8 Å². The summed E-state index contributed by atoms with van der Waals surface area (Å²) in [5.74, 6) is 2.10. The quantitative estimate of drug-likeness (QED) is 0.870. The first kappa shape index (κ1) is 14.1. The summed E-state index contributed by atoms with van der Waals surface area (Å²) in [5, 5.41) is 8.08. The average Bonchev–Trinajstić information content (AvgIpc) is 3.01. The Morgan fingerprint density at radius 1 is 1.23 bits per heavy atom. The van der Waals surface area contributed by atoms with Gasteiger partial charge in [-0.05, 0) is 25.1 Å². The molecule has 114 valence electrons. The molecule has 2 aromatic rings. The Hall–Kier alpha value is -2.83. The zero-order valence-corrected chi connectivity index (χ0v) is 12.4. The van der Waals surface area contributed by atoms with Crippen LogP contribution < -0.4 is 15.2 Å². The molecule has 1 aliphatic heterocycles. The molecule has 1 aromatic carbocycles. The van der Waals surface area contributed by atoms with Crippen LogP contribution in [0.1, 0.15) is 12.8 Å². The first-order valence-electron chi connectivity index (χ1n) is 6.81. The van der Waals surface area contributed by atoms with Crippen molar-refractivity contribution in [1.29, 1.82) is 0 Å². The molecule has 7 heteroatoms. The molecule has 0 unspecified atom stereocenters. The minimum atomic E-state index is 0.329. The lowest BCUT2D eigenvalue weighted by molar-refractivity contribution is 0.171. The summed E-state index contributed by atoms with van der Waals surface area (Å²) in [6.07, 6.45) is 1.59. The highest BCUT2D eigenvalue weighted by atomic mass is 16.6. The zero-order valence-electron chi connectivity index (χ0n) is 12.4. The van der Waals surface area contributed by atoms with Gasteiger partial charge in [-0.1, -0.05) is 0 Å². The third-order valence-corrected chi connectivity index (χ3v) is 3.13. The molecule has 0 atom stereocenters. The van der Waals surface area contributed by atoms with E-state index in [1.54, 1.807) is 20.2 Å². The first-order valence-corrected chi connectivity index (χ1v) is 6.81. The number of benzene rings is 1. The molecule has 1 aromatic heterocycles. The molecule has 0 amide bonds. The highest BCUT2D eigenvalue weighted by Gasteiger charge is 2.17. The van der Waals surface area contributed by atoms with Crippen LogP contribution in [0.2, 0.25) is 0 Å². The van der Waals surface area contributed by atoms with E-state index in [-0.39, 0.29) is 0 Å². The van der Waals surface area contributed by atoms with E-state index in [1.165, 1.54) is 0 Å². The molecule has 0 aliphatic carbocycles. The third-order valence-electron chi connectivity index (χ3n) is 3.13. The SMILES string of the molecule is CN=C/C(=C(/C)N)c1nnc(-c2ccc3c(c2)OCCO3)o1. The standard InChI is InChI=1S/C15H16N4O3/c1-9(16)11(8-17-2)15-19-18-14(22-15)10-3-4-12-13(7-10)21-6-5-20-12/h3-4,7-8H,5-6,16H2,1-2H3/b11-9+,17-8?. The maximum atomic E-state index is 5.82. The van der Waals surface area contributed by atoms with Crippen molar-refractivity contribution in [3.8, 4) is 23.0 Å². The maximum absolute atomic E-state index is 5.82. The van der Waals surface area contributed by atoms with Crippen molar-refractivity contribution in [2.45, 2.75) is 6.92 Å². The fourth-order valence-electron chi connectivity index (χ4n) is 2.08. The van der Waals surface area contributed by atoms with Crippen LogP contribution in [0.4, 0.5) is 0 Å². The molecule has 22 heavy (non-hydrogen) atoms. The fraction of sp³-hybridized carbons (Fsp3) is 0.267. The van der Waals surface area contributed by atoms with Gasteiger partial charge in [-0.25, -0.2) is 0 Å². The van der Waals surface area contributed by atoms with Crippen molar-refractivity contribution in [2.24, 2.45) is 10.7 Å². The van der Waals surface area contributed by atoms with Crippen molar-refractivity contribution < 1.29 is 13.9 Å². The van der Waals surface area contributed by atoms with Gasteiger partial charge >= 0.3 is 0 Å². The van der Waals surface area contributed by atoms with E-state index in [2.05, 4.69) is 15.2 Å². The number of fused-ring (bicyclic) bond motifs is 1. The Labute approximate surface area is 127 Å². The van der Waals surface area contributed by atoms with Crippen LogP contribution in [0.3, 0.4) is 0 Å². The second kappa shape index (κ2) is 5.88. The minimum Gasteiger partial charge on any atom is -0.486 e. The lowest BCUT2D eigenvalue weighted by atomic mass is 10.2. The van der Waals surface area contributed by atoms with E-state index in [0.717, 1.165) is 5.56 Å². The fourth-order valence-corrected chi connectivity index (χ4v) is 2.08. The lowest BCUT2D eigenvalue weighted by Gasteiger charge is -2.18. The number of allylic oxidation sites excluding steroid dienone is 2. The third kappa shape index (κ3) is 2.65. The predicted octanol–water partition coefficient (Wildman–Crippen LogP) is 1.90. The van der Waals surface area contributed by atoms with Gasteiger partial charge in [0.1, 0.15) is 13.2 Å². The molecule has 0 saturated heterocycles. The number of nitrogens with zero attached hydrogens (tertiary/aromatic N) is 3. The van der Waals surface area contributed by atoms with Crippen molar-refractivity contribution in [3.05, 3.63) is 29.8 Å². The van der Waals surface area contributed by atoms with Crippen LogP contribution in [0, 0.1) is 0 Å². The van der Waals surface area contributed by atoms with E-state index in [1.807, 2.05) is 18.2 Å². The molecule has 0 radical (unpaired) electrons. The largest absolute Gasteiger partial charge is 0.486 e. The van der Waals surface area contributed by atoms with Crippen molar-refractivity contribution in [2.75, 3.05) is 20.3 Å². The molecule has 2 heterocycles. The van der Waals surface area contributed by atoms with Crippen LogP contribution in [-0.4, -0.2) is 36.7 Å². The summed E-state index contributed by atoms with van der Waals surface area (Å²) in [5.41, 5.74) is 7.74. The van der Waals surface area contributed by atoms with Gasteiger partial charge < -0.3 is 19.6 Å². The normalized spacial score (nSPS) is 15.0. The predicted molar refractivity (Wildman–Crippen MR) is 81.9 cm³/mol. The van der Waals surface area contributed by atoms with E-state index in [4.69, 9.17) is 19.6 Å². The summed E-state index contributed by atoms with van der Waals surface area (Å²) < 4.78 is 16.7. The van der Waals surface area contributed by atoms with Crippen molar-refractivity contribution >= 4 is 11.8 Å². The summed E-state index contributed by atoms with van der Waals surface area (Å²) in [6, 6.07) is 5.49. The number of nitrogens with two attached hydrogens (primary N) is 1. The molecule has 0 saturated carbocycles. The highest BCUT2D eigenvalue weighted by Crippen LogP contribution is 2.34. The monoisotopic (exact) mass is 300 g/mol. The van der Waals surface area contributed by atoms with E-state index in [9.17, 15) is 0 Å². The Morgan fingerprint density at radius 3 is 2.73 bits per heavy atom. The van der Waals surface area contributed by atoms with E-state index < -0.39 is 0 Å². The summed E-state index contributed by atoms with van der Waals surface area (Å²) in [4.78, 5) is 3.95. The maximum Gasteiger partial charge on any atom is 0.251 e. The van der Waals surface area contributed by atoms with Gasteiger partial charge in [0.2, 0.25) is 5.89 Å². The average molecular weight is 300 g/mol. The van der Waals surface area contributed by atoms with Gasteiger partial charge in [0.15, 0.2) is 11.5 Å². The van der Waals surface area contributed by atoms with Gasteiger partial charge in [0.05, 0.1) is 5.57 Å². The summed E-state index contributed by atoms with van der Waals surface area (Å²) in [6.45, 7) is 2.83. The van der Waals surface area contributed by atoms with Gasteiger partial charge in [-0.2, -0.15) is 0 Å². The number of hydrogen-bond donors (Lipinski definition) is 1. The number of aromatic nitrogens is 2. The molecule has 1 aliphatic rings. The van der Waals surface area contributed by atoms with Gasteiger partial charge in [0.25, 0.3) is 5.89 Å². The second-order valence-electron chi connectivity index (χ2n) is 4.75. The number of aliphatic imine (C=N–C) groups is 1. The van der Waals surface area contributed by atoms with Crippen molar-refractivity contribution in [1.82, 2.24) is 10.2 Å². The van der Waals surface area contributed by atoms with Crippen LogP contribution in [-0.2, 0) is 0 Å². The van der Waals surface area contributed by atoms with Gasteiger partial charge in [-0.3, -0.25) is 4.99 Å². The molecule has 0 spiro atoms. The number of ether oxygens (including phenoxy) is 2. The van der Waals surface area contributed by atoms with Crippen molar-refractivity contribution in [3.63, 3.8) is 0 Å². The van der Waals surface area contributed by atoms with Crippen LogP contribution in [0.25, 0.3) is 17.0 Å². The zero-order chi connectivity index (χ0) is 15.5. The molecular formula is C15H16N4O3. The Morgan fingerprint density at radius 2 is 2.00 bits per heavy atom. The first-order chi connectivity index (χ1) is 10.7. The summed E-state index contributed by atoms with van der Waals surface area (Å²) in [7, 11) is 1.65. The highest BCUT2D eigenvalue weighted by molar-refractivity contribution is 6.08. The Balaban J connectivity index is 1.95. The van der Waals surface area contributed by atoms with Gasteiger partial charge in [-0.15, -0.1) is 10.2 Å². The van der Waals surface area contributed by atoms with Crippen LogP contribution in [0.5, 0.6) is 11.5 Å². The lowest BCUT2D eigenvalue weighted by Crippen LogP contribution is -2.15.